The van der Waals surface area contributed by atoms with E-state index in [1.165, 1.54) is 12.1 Å². The van der Waals surface area contributed by atoms with Gasteiger partial charge in [0.2, 0.25) is 5.91 Å². The third-order valence-electron chi connectivity index (χ3n) is 4.81. The maximum atomic E-state index is 13.0. The molecule has 0 aliphatic carbocycles. The SMILES string of the molecule is CN(CCC(=O)NCc1ccc(F)cc1)c1ncnc2sc(-c3ccccc3)cc12. The van der Waals surface area contributed by atoms with Crippen molar-refractivity contribution in [1.82, 2.24) is 15.3 Å². The molecule has 1 amide bonds. The number of rotatable bonds is 7. The molecule has 0 aliphatic heterocycles. The lowest BCUT2D eigenvalue weighted by molar-refractivity contribution is -0.121. The molecular formula is C23H21FN4OS. The minimum absolute atomic E-state index is 0.0632. The molecule has 4 rings (SSSR count). The quantitative estimate of drug-likeness (QED) is 0.473. The van der Waals surface area contributed by atoms with Gasteiger partial charge in [-0.15, -0.1) is 11.3 Å². The Morgan fingerprint density at radius 3 is 2.63 bits per heavy atom. The maximum absolute atomic E-state index is 13.0. The minimum Gasteiger partial charge on any atom is -0.359 e. The fourth-order valence-corrected chi connectivity index (χ4v) is 4.16. The third-order valence-corrected chi connectivity index (χ3v) is 5.90. The van der Waals surface area contributed by atoms with Gasteiger partial charge in [-0.3, -0.25) is 4.79 Å². The highest BCUT2D eigenvalue weighted by Crippen LogP contribution is 2.35. The highest BCUT2D eigenvalue weighted by molar-refractivity contribution is 7.21. The summed E-state index contributed by atoms with van der Waals surface area (Å²) in [4.78, 5) is 25.1. The van der Waals surface area contributed by atoms with E-state index in [0.29, 0.717) is 19.5 Å². The Balaban J connectivity index is 1.40. The Bertz CT molecular complexity index is 1150. The molecule has 7 heteroatoms. The van der Waals surface area contributed by atoms with Crippen LogP contribution < -0.4 is 10.2 Å². The van der Waals surface area contributed by atoms with Gasteiger partial charge in [0.15, 0.2) is 0 Å². The zero-order valence-electron chi connectivity index (χ0n) is 16.5. The number of hydrogen-bond donors (Lipinski definition) is 1. The second-order valence-electron chi connectivity index (χ2n) is 6.97. The van der Waals surface area contributed by atoms with Crippen LogP contribution in [-0.4, -0.2) is 29.5 Å². The number of benzene rings is 2. The fraction of sp³-hybridized carbons (Fsp3) is 0.174. The van der Waals surface area contributed by atoms with Crippen LogP contribution in [0.4, 0.5) is 10.2 Å². The van der Waals surface area contributed by atoms with E-state index in [9.17, 15) is 9.18 Å². The Kier molecular flexibility index (Phi) is 5.99. The van der Waals surface area contributed by atoms with Crippen LogP contribution in [-0.2, 0) is 11.3 Å². The second-order valence-corrected chi connectivity index (χ2v) is 8.00. The van der Waals surface area contributed by atoms with Crippen LogP contribution in [0.25, 0.3) is 20.7 Å². The first-order valence-corrected chi connectivity index (χ1v) is 10.4. The Hall–Kier alpha value is -3.32. The van der Waals surface area contributed by atoms with Crippen LogP contribution in [0.2, 0.25) is 0 Å². The number of anilines is 1. The number of nitrogens with zero attached hydrogens (tertiary/aromatic N) is 3. The first-order valence-electron chi connectivity index (χ1n) is 9.62. The zero-order chi connectivity index (χ0) is 20.9. The van der Waals surface area contributed by atoms with Crippen molar-refractivity contribution in [1.29, 1.82) is 0 Å². The number of thiophene rings is 1. The van der Waals surface area contributed by atoms with Crippen LogP contribution in [0.3, 0.4) is 0 Å². The molecule has 0 radical (unpaired) electrons. The van der Waals surface area contributed by atoms with Crippen molar-refractivity contribution >= 4 is 33.3 Å². The van der Waals surface area contributed by atoms with Crippen molar-refractivity contribution in [3.05, 3.63) is 78.4 Å². The lowest BCUT2D eigenvalue weighted by Gasteiger charge is -2.18. The monoisotopic (exact) mass is 420 g/mol. The van der Waals surface area contributed by atoms with Crippen LogP contribution in [0.5, 0.6) is 0 Å². The molecule has 152 valence electrons. The number of nitrogens with one attached hydrogen (secondary N) is 1. The molecule has 4 aromatic rings. The molecule has 0 atom stereocenters. The van der Waals surface area contributed by atoms with Crippen molar-refractivity contribution in [2.75, 3.05) is 18.5 Å². The lowest BCUT2D eigenvalue weighted by Crippen LogP contribution is -2.28. The van der Waals surface area contributed by atoms with E-state index in [1.807, 2.05) is 30.1 Å². The van der Waals surface area contributed by atoms with Gasteiger partial charge in [0.25, 0.3) is 0 Å². The molecule has 1 N–H and O–H groups in total. The van der Waals surface area contributed by atoms with Gasteiger partial charge in [-0.2, -0.15) is 0 Å². The highest BCUT2D eigenvalue weighted by atomic mass is 32.1. The van der Waals surface area contributed by atoms with E-state index < -0.39 is 0 Å². The summed E-state index contributed by atoms with van der Waals surface area (Å²) >= 11 is 1.63. The molecule has 5 nitrogen and oxygen atoms in total. The zero-order valence-corrected chi connectivity index (χ0v) is 17.3. The summed E-state index contributed by atoms with van der Waals surface area (Å²) in [7, 11) is 1.93. The molecule has 0 aliphatic rings. The van der Waals surface area contributed by atoms with E-state index in [0.717, 1.165) is 32.0 Å². The van der Waals surface area contributed by atoms with Gasteiger partial charge in [0.1, 0.15) is 22.8 Å². The van der Waals surface area contributed by atoms with E-state index in [1.54, 1.807) is 29.8 Å². The third kappa shape index (κ3) is 4.63. The van der Waals surface area contributed by atoms with E-state index in [2.05, 4.69) is 33.5 Å². The molecule has 2 heterocycles. The number of carbonyl (C=O) groups excluding carboxylic acids is 1. The number of halogens is 1. The van der Waals surface area contributed by atoms with Gasteiger partial charge < -0.3 is 10.2 Å². The van der Waals surface area contributed by atoms with E-state index in [4.69, 9.17) is 0 Å². The summed E-state index contributed by atoms with van der Waals surface area (Å²) in [6, 6.07) is 18.4. The van der Waals surface area contributed by atoms with Crippen molar-refractivity contribution in [3.8, 4) is 10.4 Å². The summed E-state index contributed by atoms with van der Waals surface area (Å²) in [6.45, 7) is 0.906. The molecule has 0 saturated heterocycles. The molecule has 2 aromatic heterocycles. The van der Waals surface area contributed by atoms with Gasteiger partial charge in [0.05, 0.1) is 5.39 Å². The first-order chi connectivity index (χ1) is 14.6. The second kappa shape index (κ2) is 9.00. The van der Waals surface area contributed by atoms with Crippen LogP contribution in [0.1, 0.15) is 12.0 Å². The molecule has 0 unspecified atom stereocenters. The smallest absolute Gasteiger partial charge is 0.222 e. The summed E-state index contributed by atoms with van der Waals surface area (Å²) in [5.74, 6) is 0.461. The van der Waals surface area contributed by atoms with Crippen molar-refractivity contribution in [2.45, 2.75) is 13.0 Å². The average Bonchev–Trinajstić information content (AvgIpc) is 3.22. The van der Waals surface area contributed by atoms with Gasteiger partial charge in [-0.25, -0.2) is 14.4 Å². The van der Waals surface area contributed by atoms with Crippen LogP contribution in [0.15, 0.2) is 67.0 Å². The van der Waals surface area contributed by atoms with Crippen molar-refractivity contribution in [3.63, 3.8) is 0 Å². The van der Waals surface area contributed by atoms with E-state index >= 15 is 0 Å². The molecule has 2 aromatic carbocycles. The molecule has 0 bridgehead atoms. The standard InChI is InChI=1S/C23H21FN4OS/c1-28(12-11-21(29)25-14-16-7-9-18(24)10-8-16)22-19-13-20(17-5-3-2-4-6-17)30-23(19)27-15-26-22/h2-10,13,15H,11-12,14H2,1H3,(H,25,29). The van der Waals surface area contributed by atoms with Gasteiger partial charge >= 0.3 is 0 Å². The van der Waals surface area contributed by atoms with Crippen molar-refractivity contribution in [2.24, 2.45) is 0 Å². The number of carbonyl (C=O) groups is 1. The number of fused-ring (bicyclic) bond motifs is 1. The summed E-state index contributed by atoms with van der Waals surface area (Å²) in [5.41, 5.74) is 2.01. The summed E-state index contributed by atoms with van der Waals surface area (Å²) in [6.07, 6.45) is 1.90. The van der Waals surface area contributed by atoms with Gasteiger partial charge in [-0.1, -0.05) is 42.5 Å². The molecular weight excluding hydrogens is 399 g/mol. The number of amides is 1. The number of hydrogen-bond acceptors (Lipinski definition) is 5. The Morgan fingerprint density at radius 2 is 1.87 bits per heavy atom. The predicted octanol–water partition coefficient (Wildman–Crippen LogP) is 4.64. The first kappa shape index (κ1) is 20.0. The molecule has 0 saturated carbocycles. The van der Waals surface area contributed by atoms with Crippen molar-refractivity contribution < 1.29 is 9.18 Å². The summed E-state index contributed by atoms with van der Waals surface area (Å²) in [5, 5.41) is 3.85. The van der Waals surface area contributed by atoms with Gasteiger partial charge in [-0.05, 0) is 29.3 Å². The maximum Gasteiger partial charge on any atom is 0.222 e. The lowest BCUT2D eigenvalue weighted by atomic mass is 10.2. The normalized spacial score (nSPS) is 10.9. The van der Waals surface area contributed by atoms with Gasteiger partial charge in [0, 0.05) is 31.4 Å². The minimum atomic E-state index is -0.285. The molecule has 30 heavy (non-hydrogen) atoms. The average molecular weight is 421 g/mol. The van der Waals surface area contributed by atoms with Crippen LogP contribution in [0, 0.1) is 5.82 Å². The predicted molar refractivity (Wildman–Crippen MR) is 119 cm³/mol. The fourth-order valence-electron chi connectivity index (χ4n) is 3.16. The van der Waals surface area contributed by atoms with E-state index in [-0.39, 0.29) is 11.7 Å². The summed E-state index contributed by atoms with van der Waals surface area (Å²) < 4.78 is 13.0. The molecule has 0 fully saturated rings. The largest absolute Gasteiger partial charge is 0.359 e. The topological polar surface area (TPSA) is 58.1 Å². The number of aromatic nitrogens is 2. The highest BCUT2D eigenvalue weighted by Gasteiger charge is 2.14. The Morgan fingerprint density at radius 1 is 1.10 bits per heavy atom. The van der Waals surface area contributed by atoms with Crippen LogP contribution >= 0.6 is 11.3 Å². The Labute approximate surface area is 178 Å². The molecule has 0 spiro atoms.